The smallest absolute Gasteiger partial charge is 0.395 e. The molecule has 0 spiro atoms. The van der Waals surface area contributed by atoms with Gasteiger partial charge in [0.15, 0.2) is 0 Å². The molecule has 0 fully saturated rings. The van der Waals surface area contributed by atoms with Crippen LogP contribution in [0, 0.1) is 5.82 Å². The normalized spacial score (nSPS) is 12.7. The predicted octanol–water partition coefficient (Wildman–Crippen LogP) is 3.16. The highest BCUT2D eigenvalue weighted by atomic mass is 32.2. The summed E-state index contributed by atoms with van der Waals surface area (Å²) in [5.41, 5.74) is 5.21. The van der Waals surface area contributed by atoms with E-state index in [9.17, 15) is 21.8 Å². The standard InChI is InChI=1S/C19H16F4N4O2S/c20-15-7-11(1-3-14(15)16-9-26-18(24)10-25-16)13-4-2-12(19(21,22)23)8-17(13)30(29)27-5-6-28/h1-4,7-10,27-28H,5-6H2,(H2,24,26). The molecular formula is C19H16F4N4O2S. The maximum Gasteiger partial charge on any atom is 0.416 e. The van der Waals surface area contributed by atoms with Crippen LogP contribution in [0.1, 0.15) is 5.56 Å². The summed E-state index contributed by atoms with van der Waals surface area (Å²) in [6.45, 7) is -0.447. The van der Waals surface area contributed by atoms with Crippen LogP contribution in [0.2, 0.25) is 0 Å². The third-order valence-corrected chi connectivity index (χ3v) is 5.29. The Hall–Kier alpha value is -2.89. The molecule has 4 N–H and O–H groups in total. The van der Waals surface area contributed by atoms with Gasteiger partial charge < -0.3 is 10.8 Å². The second-order valence-electron chi connectivity index (χ2n) is 6.12. The Morgan fingerprint density at radius 3 is 2.40 bits per heavy atom. The summed E-state index contributed by atoms with van der Waals surface area (Å²) < 4.78 is 69.0. The highest BCUT2D eigenvalue weighted by Crippen LogP contribution is 2.35. The van der Waals surface area contributed by atoms with Gasteiger partial charge in [-0.3, -0.25) is 4.98 Å². The number of halogens is 4. The molecule has 1 unspecified atom stereocenters. The van der Waals surface area contributed by atoms with E-state index in [4.69, 9.17) is 10.8 Å². The molecule has 2 aromatic carbocycles. The summed E-state index contributed by atoms with van der Waals surface area (Å²) in [7, 11) is -2.06. The lowest BCUT2D eigenvalue weighted by Crippen LogP contribution is -2.22. The lowest BCUT2D eigenvalue weighted by Gasteiger charge is -2.14. The van der Waals surface area contributed by atoms with Crippen molar-refractivity contribution in [2.45, 2.75) is 11.1 Å². The van der Waals surface area contributed by atoms with Crippen LogP contribution in [-0.4, -0.2) is 32.4 Å². The van der Waals surface area contributed by atoms with Gasteiger partial charge in [-0.2, -0.15) is 13.2 Å². The minimum absolute atomic E-state index is 0.0919. The van der Waals surface area contributed by atoms with Gasteiger partial charge in [0.2, 0.25) is 0 Å². The number of aliphatic hydroxyl groups excluding tert-OH is 1. The molecule has 0 amide bonds. The van der Waals surface area contributed by atoms with Gasteiger partial charge in [-0.1, -0.05) is 12.1 Å². The van der Waals surface area contributed by atoms with Crippen LogP contribution >= 0.6 is 0 Å². The van der Waals surface area contributed by atoms with E-state index < -0.39 is 28.5 Å². The number of rotatable bonds is 6. The number of alkyl halides is 3. The molecule has 158 valence electrons. The monoisotopic (exact) mass is 440 g/mol. The largest absolute Gasteiger partial charge is 0.416 e. The number of hydrogen-bond donors (Lipinski definition) is 3. The van der Waals surface area contributed by atoms with Crippen LogP contribution in [-0.2, 0) is 17.2 Å². The molecule has 0 radical (unpaired) electrons. The molecule has 11 heteroatoms. The SMILES string of the molecule is Nc1cnc(-c2ccc(-c3ccc(C(F)(F)F)cc3S(=O)NCCO)cc2F)cn1. The summed E-state index contributed by atoms with van der Waals surface area (Å²) in [6, 6.07) is 6.70. The minimum atomic E-state index is -4.64. The number of aromatic nitrogens is 2. The van der Waals surface area contributed by atoms with E-state index in [-0.39, 0.29) is 46.2 Å². The van der Waals surface area contributed by atoms with Gasteiger partial charge >= 0.3 is 6.18 Å². The first kappa shape index (κ1) is 21.8. The van der Waals surface area contributed by atoms with E-state index in [2.05, 4.69) is 14.7 Å². The highest BCUT2D eigenvalue weighted by Gasteiger charge is 2.32. The van der Waals surface area contributed by atoms with Crippen LogP contribution in [0.5, 0.6) is 0 Å². The van der Waals surface area contributed by atoms with Crippen molar-refractivity contribution in [2.24, 2.45) is 0 Å². The Labute approximate surface area is 171 Å². The van der Waals surface area contributed by atoms with E-state index in [0.29, 0.717) is 0 Å². The van der Waals surface area contributed by atoms with Crippen molar-refractivity contribution in [2.75, 3.05) is 18.9 Å². The first-order valence-electron chi connectivity index (χ1n) is 8.56. The van der Waals surface area contributed by atoms with Crippen molar-refractivity contribution in [1.82, 2.24) is 14.7 Å². The summed E-state index contributed by atoms with van der Waals surface area (Å²) in [5, 5.41) is 8.88. The number of anilines is 1. The van der Waals surface area contributed by atoms with E-state index in [1.54, 1.807) is 0 Å². The van der Waals surface area contributed by atoms with Crippen LogP contribution in [0.3, 0.4) is 0 Å². The molecule has 0 saturated heterocycles. The van der Waals surface area contributed by atoms with Crippen molar-refractivity contribution in [3.05, 3.63) is 60.2 Å². The van der Waals surface area contributed by atoms with E-state index in [0.717, 1.165) is 24.3 Å². The van der Waals surface area contributed by atoms with Gasteiger partial charge in [0.25, 0.3) is 0 Å². The fourth-order valence-electron chi connectivity index (χ4n) is 2.67. The number of hydrogen-bond acceptors (Lipinski definition) is 5. The molecule has 0 bridgehead atoms. The molecule has 1 heterocycles. The molecule has 1 atom stereocenters. The second-order valence-corrected chi connectivity index (χ2v) is 7.38. The third kappa shape index (κ3) is 4.81. The summed E-state index contributed by atoms with van der Waals surface area (Å²) in [5.74, 6) is -0.519. The molecule has 0 aliphatic carbocycles. The first-order chi connectivity index (χ1) is 14.2. The van der Waals surface area contributed by atoms with Crippen molar-refractivity contribution in [3.63, 3.8) is 0 Å². The van der Waals surface area contributed by atoms with Gasteiger partial charge in [0.1, 0.15) is 22.6 Å². The van der Waals surface area contributed by atoms with Crippen molar-refractivity contribution in [1.29, 1.82) is 0 Å². The summed E-state index contributed by atoms with van der Waals surface area (Å²) in [6.07, 6.45) is -2.07. The van der Waals surface area contributed by atoms with E-state index in [1.165, 1.54) is 24.5 Å². The van der Waals surface area contributed by atoms with Gasteiger partial charge in [-0.15, -0.1) is 0 Å². The second kappa shape index (κ2) is 8.86. The minimum Gasteiger partial charge on any atom is -0.395 e. The van der Waals surface area contributed by atoms with Crippen LogP contribution < -0.4 is 10.5 Å². The van der Waals surface area contributed by atoms with Crippen molar-refractivity contribution < 1.29 is 26.9 Å². The number of aliphatic hydroxyl groups is 1. The van der Waals surface area contributed by atoms with Crippen LogP contribution in [0.15, 0.2) is 53.7 Å². The third-order valence-electron chi connectivity index (χ3n) is 4.08. The average Bonchev–Trinajstić information content (AvgIpc) is 2.71. The average molecular weight is 440 g/mol. The van der Waals surface area contributed by atoms with E-state index in [1.807, 2.05) is 0 Å². The zero-order valence-electron chi connectivity index (χ0n) is 15.3. The number of nitrogens with zero attached hydrogens (tertiary/aromatic N) is 2. The van der Waals surface area contributed by atoms with Crippen LogP contribution in [0.4, 0.5) is 23.4 Å². The first-order valence-corrected chi connectivity index (χ1v) is 9.71. The number of benzene rings is 2. The van der Waals surface area contributed by atoms with Gasteiger partial charge in [-0.05, 0) is 35.4 Å². The molecule has 3 aromatic rings. The lowest BCUT2D eigenvalue weighted by atomic mass is 10.0. The maximum atomic E-state index is 14.7. The van der Waals surface area contributed by atoms with Crippen molar-refractivity contribution >= 4 is 16.8 Å². The molecule has 6 nitrogen and oxygen atoms in total. The highest BCUT2D eigenvalue weighted by molar-refractivity contribution is 7.83. The summed E-state index contributed by atoms with van der Waals surface area (Å²) in [4.78, 5) is 7.66. The molecule has 3 rings (SSSR count). The van der Waals surface area contributed by atoms with Crippen molar-refractivity contribution in [3.8, 4) is 22.4 Å². The van der Waals surface area contributed by atoms with Gasteiger partial charge in [-0.25, -0.2) is 18.3 Å². The molecular weight excluding hydrogens is 424 g/mol. The predicted molar refractivity (Wildman–Crippen MR) is 104 cm³/mol. The maximum absolute atomic E-state index is 14.7. The fourth-order valence-corrected chi connectivity index (χ4v) is 3.73. The molecule has 1 aromatic heterocycles. The number of nitrogens with two attached hydrogens (primary N) is 1. The topological polar surface area (TPSA) is 101 Å². The molecule has 30 heavy (non-hydrogen) atoms. The van der Waals surface area contributed by atoms with Gasteiger partial charge in [0, 0.05) is 12.1 Å². The van der Waals surface area contributed by atoms with Crippen LogP contribution in [0.25, 0.3) is 22.4 Å². The number of nitrogens with one attached hydrogen (secondary N) is 1. The Bertz CT molecular complexity index is 1080. The zero-order valence-corrected chi connectivity index (χ0v) is 16.1. The Morgan fingerprint density at radius 1 is 1.07 bits per heavy atom. The fraction of sp³-hybridized carbons (Fsp3) is 0.158. The Kier molecular flexibility index (Phi) is 6.44. The Balaban J connectivity index is 2.06. The quantitative estimate of drug-likeness (QED) is 0.511. The Morgan fingerprint density at radius 2 is 1.80 bits per heavy atom. The molecule has 0 aliphatic heterocycles. The van der Waals surface area contributed by atoms with Gasteiger partial charge in [0.05, 0.1) is 35.2 Å². The summed E-state index contributed by atoms with van der Waals surface area (Å²) >= 11 is 0. The lowest BCUT2D eigenvalue weighted by molar-refractivity contribution is -0.137. The zero-order chi connectivity index (χ0) is 21.9. The molecule has 0 saturated carbocycles. The number of nitrogen functional groups attached to an aromatic ring is 1. The molecule has 0 aliphatic rings. The van der Waals surface area contributed by atoms with E-state index >= 15 is 0 Å².